The van der Waals surface area contributed by atoms with Crippen LogP contribution in [0.3, 0.4) is 0 Å². The molecule has 2 heterocycles. The predicted octanol–water partition coefficient (Wildman–Crippen LogP) is 9.87. The minimum Gasteiger partial charge on any atom is -0.493 e. The molecule has 0 saturated carbocycles. The van der Waals surface area contributed by atoms with Gasteiger partial charge in [-0.1, -0.05) is 46.4 Å². The van der Waals surface area contributed by atoms with Gasteiger partial charge < -0.3 is 29.0 Å². The number of nitrogens with one attached hydrogen (secondary N) is 1. The topological polar surface area (TPSA) is 110 Å². The number of nitrogens with zero attached hydrogens (tertiary/aromatic N) is 4. The Labute approximate surface area is 296 Å². The van der Waals surface area contributed by atoms with Gasteiger partial charge in [0.15, 0.2) is 23.0 Å². The minimum atomic E-state index is 0. The van der Waals surface area contributed by atoms with Crippen LogP contribution in [0.5, 0.6) is 34.5 Å². The highest BCUT2D eigenvalue weighted by atomic mass is 35.5. The Morgan fingerprint density at radius 2 is 1.04 bits per heavy atom. The van der Waals surface area contributed by atoms with Crippen LogP contribution in [0.15, 0.2) is 73.3 Å². The summed E-state index contributed by atoms with van der Waals surface area (Å²) >= 11 is 24.5. The van der Waals surface area contributed by atoms with E-state index in [9.17, 15) is 0 Å². The number of fused-ring (bicyclic) bond motifs is 2. The van der Waals surface area contributed by atoms with E-state index in [1.165, 1.54) is 12.7 Å². The van der Waals surface area contributed by atoms with Gasteiger partial charge in [0.25, 0.3) is 0 Å². The third-order valence-corrected chi connectivity index (χ3v) is 7.67. The smallest absolute Gasteiger partial charge is 0.162 e. The fourth-order valence-corrected chi connectivity index (χ4v) is 5.17. The monoisotopic (exact) mass is 735 g/mol. The Morgan fingerprint density at radius 1 is 0.532 bits per heavy atom. The number of hydrogen-bond donors (Lipinski definition) is 1. The van der Waals surface area contributed by atoms with Crippen molar-refractivity contribution in [3.63, 3.8) is 0 Å². The minimum absolute atomic E-state index is 0. The number of rotatable bonds is 8. The summed E-state index contributed by atoms with van der Waals surface area (Å²) in [6.45, 7) is 0. The van der Waals surface area contributed by atoms with Gasteiger partial charge in [-0.3, -0.25) is 0 Å². The maximum Gasteiger partial charge on any atom is 0.162 e. The van der Waals surface area contributed by atoms with Gasteiger partial charge in [0, 0.05) is 33.6 Å². The first kappa shape index (κ1) is 35.7. The third kappa shape index (κ3) is 8.22. The average Bonchev–Trinajstić information content (AvgIpc) is 3.06. The standard InChI is InChI=1S/C22H16Cl3N3O3.C10H9ClN2O2.ClH/c1-29-20-9-14-17(10-21(20)30-2)26-11-27-22(14)28-13-4-6-19(16(25)8-13)31-18-5-3-12(23)7-15(18)24;1-14-8-3-6-7(4-9(8)15-2)12-5-13-10(6)11;/h3-11H,1-2H3,(H,26,27,28);3-5H,1-2H3;1H. The van der Waals surface area contributed by atoms with E-state index in [1.54, 1.807) is 77.0 Å². The summed E-state index contributed by atoms with van der Waals surface area (Å²) in [4.78, 5) is 16.6. The zero-order chi connectivity index (χ0) is 32.8. The molecule has 0 amide bonds. The van der Waals surface area contributed by atoms with Gasteiger partial charge in [-0.2, -0.15) is 0 Å². The number of ether oxygens (including phenoxy) is 5. The van der Waals surface area contributed by atoms with Crippen LogP contribution >= 0.6 is 58.8 Å². The van der Waals surface area contributed by atoms with E-state index in [1.807, 2.05) is 12.1 Å². The van der Waals surface area contributed by atoms with Crippen LogP contribution in [-0.2, 0) is 0 Å². The van der Waals surface area contributed by atoms with Gasteiger partial charge in [-0.15, -0.1) is 12.4 Å². The first-order chi connectivity index (χ1) is 22.2. The SMILES string of the molecule is COc1cc2ncnc(Cl)c2cc1OC.COc1cc2ncnc(Nc3ccc(Oc4ccc(Cl)cc4Cl)c(Cl)c3)c2cc1OC.Cl. The maximum absolute atomic E-state index is 6.43. The Bertz CT molecular complexity index is 2040. The van der Waals surface area contributed by atoms with Crippen molar-refractivity contribution >= 4 is 92.1 Å². The number of methoxy groups -OCH3 is 4. The van der Waals surface area contributed by atoms with Crippen molar-refractivity contribution in [2.24, 2.45) is 0 Å². The Hall–Kier alpha value is -4.19. The number of anilines is 2. The van der Waals surface area contributed by atoms with Crippen molar-refractivity contribution in [2.45, 2.75) is 0 Å². The molecule has 1 N–H and O–H groups in total. The lowest BCUT2D eigenvalue weighted by molar-refractivity contribution is 0.356. The molecule has 0 saturated heterocycles. The predicted molar refractivity (Wildman–Crippen MR) is 189 cm³/mol. The zero-order valence-electron chi connectivity index (χ0n) is 25.2. The summed E-state index contributed by atoms with van der Waals surface area (Å²) in [7, 11) is 6.30. The molecular weight excluding hydrogens is 712 g/mol. The molecule has 0 unspecified atom stereocenters. The third-order valence-electron chi connectivity index (χ3n) is 6.54. The molecule has 0 radical (unpaired) electrons. The number of hydrogen-bond acceptors (Lipinski definition) is 10. The molecule has 0 atom stereocenters. The molecule has 6 aromatic rings. The first-order valence-electron chi connectivity index (χ1n) is 13.3. The lowest BCUT2D eigenvalue weighted by Crippen LogP contribution is -1.98. The Kier molecular flexibility index (Phi) is 12.2. The molecule has 0 spiro atoms. The zero-order valence-corrected chi connectivity index (χ0v) is 29.0. The molecule has 2 aromatic heterocycles. The van der Waals surface area contributed by atoms with Crippen molar-refractivity contribution in [1.29, 1.82) is 0 Å². The van der Waals surface area contributed by atoms with E-state index in [0.29, 0.717) is 71.7 Å². The molecule has 0 bridgehead atoms. The summed E-state index contributed by atoms with van der Waals surface area (Å²) in [6, 6.07) is 17.4. The molecule has 0 aliphatic rings. The molecule has 47 heavy (non-hydrogen) atoms. The molecular formula is C32H26Cl5N5O5. The number of aromatic nitrogens is 4. The van der Waals surface area contributed by atoms with Gasteiger partial charge >= 0.3 is 0 Å². The van der Waals surface area contributed by atoms with E-state index >= 15 is 0 Å². The highest BCUT2D eigenvalue weighted by Gasteiger charge is 2.13. The van der Waals surface area contributed by atoms with Crippen molar-refractivity contribution < 1.29 is 23.7 Å². The van der Waals surface area contributed by atoms with Crippen LogP contribution in [-0.4, -0.2) is 48.4 Å². The van der Waals surface area contributed by atoms with Crippen LogP contribution in [0.2, 0.25) is 20.2 Å². The molecule has 4 aromatic carbocycles. The highest BCUT2D eigenvalue weighted by Crippen LogP contribution is 2.38. The Balaban J connectivity index is 0.000000262. The molecule has 0 aliphatic heterocycles. The van der Waals surface area contributed by atoms with Crippen LogP contribution in [0, 0.1) is 0 Å². The second kappa shape index (κ2) is 16.1. The first-order valence-corrected chi connectivity index (χ1v) is 14.8. The fraction of sp³-hybridized carbons (Fsp3) is 0.125. The van der Waals surface area contributed by atoms with Crippen LogP contribution in [0.4, 0.5) is 11.5 Å². The molecule has 15 heteroatoms. The number of benzene rings is 4. The van der Waals surface area contributed by atoms with Gasteiger partial charge in [-0.25, -0.2) is 19.9 Å². The second-order valence-corrected chi connectivity index (χ2v) is 10.9. The summed E-state index contributed by atoms with van der Waals surface area (Å²) < 4.78 is 26.9. The van der Waals surface area contributed by atoms with Crippen molar-refractivity contribution in [1.82, 2.24) is 19.9 Å². The van der Waals surface area contributed by atoms with Gasteiger partial charge in [0.2, 0.25) is 0 Å². The van der Waals surface area contributed by atoms with Crippen molar-refractivity contribution in [3.8, 4) is 34.5 Å². The number of halogens is 5. The Morgan fingerprint density at radius 3 is 1.62 bits per heavy atom. The highest BCUT2D eigenvalue weighted by molar-refractivity contribution is 6.35. The van der Waals surface area contributed by atoms with Gasteiger partial charge in [-0.05, 0) is 48.5 Å². The summed E-state index contributed by atoms with van der Waals surface area (Å²) in [5.41, 5.74) is 2.15. The molecule has 6 rings (SSSR count). The van der Waals surface area contributed by atoms with Crippen LogP contribution in [0.1, 0.15) is 0 Å². The fourth-order valence-electron chi connectivity index (χ4n) is 4.31. The summed E-state index contributed by atoms with van der Waals surface area (Å²) in [6.07, 6.45) is 2.88. The van der Waals surface area contributed by atoms with E-state index in [0.717, 1.165) is 16.3 Å². The lowest BCUT2D eigenvalue weighted by atomic mass is 10.2. The van der Waals surface area contributed by atoms with E-state index in [4.69, 9.17) is 70.1 Å². The molecule has 10 nitrogen and oxygen atoms in total. The van der Waals surface area contributed by atoms with E-state index < -0.39 is 0 Å². The normalized spacial score (nSPS) is 10.4. The molecule has 0 aliphatic carbocycles. The van der Waals surface area contributed by atoms with Crippen molar-refractivity contribution in [2.75, 3.05) is 33.8 Å². The summed E-state index contributed by atoms with van der Waals surface area (Å²) in [5.74, 6) is 3.91. The van der Waals surface area contributed by atoms with E-state index in [-0.39, 0.29) is 12.4 Å². The van der Waals surface area contributed by atoms with Crippen LogP contribution in [0.25, 0.3) is 21.8 Å². The maximum atomic E-state index is 6.43. The van der Waals surface area contributed by atoms with Crippen LogP contribution < -0.4 is 29.0 Å². The van der Waals surface area contributed by atoms with E-state index in [2.05, 4.69) is 25.3 Å². The lowest BCUT2D eigenvalue weighted by Gasteiger charge is -2.13. The quantitative estimate of drug-likeness (QED) is 0.152. The van der Waals surface area contributed by atoms with Gasteiger partial charge in [0.05, 0.1) is 49.5 Å². The molecule has 244 valence electrons. The van der Waals surface area contributed by atoms with Gasteiger partial charge in [0.1, 0.15) is 35.1 Å². The largest absolute Gasteiger partial charge is 0.493 e. The van der Waals surface area contributed by atoms with Crippen molar-refractivity contribution in [3.05, 3.63) is 93.5 Å². The second-order valence-electron chi connectivity index (χ2n) is 9.28. The molecule has 0 fully saturated rings. The summed E-state index contributed by atoms with van der Waals surface area (Å²) in [5, 5.41) is 6.48. The average molecular weight is 738 g/mol.